The smallest absolute Gasteiger partial charge is 0.328 e. The van der Waals surface area contributed by atoms with Crippen molar-refractivity contribution in [2.75, 3.05) is 11.9 Å². The number of hydrogen-bond acceptors (Lipinski definition) is 7. The number of H-pyrrole nitrogens is 1. The van der Waals surface area contributed by atoms with Gasteiger partial charge in [-0.3, -0.25) is 4.79 Å². The fourth-order valence-corrected chi connectivity index (χ4v) is 2.35. The minimum absolute atomic E-state index is 0.0824. The van der Waals surface area contributed by atoms with E-state index in [9.17, 15) is 9.90 Å². The zero-order valence-electron chi connectivity index (χ0n) is 13.1. The second-order valence-corrected chi connectivity index (χ2v) is 5.26. The Morgan fingerprint density at radius 1 is 1.33 bits per heavy atom. The molecule has 0 bridgehead atoms. The van der Waals surface area contributed by atoms with Crippen molar-refractivity contribution in [2.45, 2.75) is 19.4 Å². The number of carbonyl (C=O) groups excluding carboxylic acids is 1. The molecule has 2 heterocycles. The zero-order chi connectivity index (χ0) is 16.9. The van der Waals surface area contributed by atoms with E-state index in [0.717, 1.165) is 5.56 Å². The molecule has 0 fully saturated rings. The molecule has 0 unspecified atom stereocenters. The van der Waals surface area contributed by atoms with Crippen LogP contribution in [0.3, 0.4) is 0 Å². The van der Waals surface area contributed by atoms with Gasteiger partial charge in [-0.15, -0.1) is 0 Å². The highest BCUT2D eigenvalue weighted by Gasteiger charge is 2.16. The number of imidazole rings is 1. The Morgan fingerprint density at radius 2 is 2.12 bits per heavy atom. The predicted molar refractivity (Wildman–Crippen MR) is 87.6 cm³/mol. The fourth-order valence-electron chi connectivity index (χ4n) is 2.35. The van der Waals surface area contributed by atoms with Gasteiger partial charge in [-0.25, -0.2) is 4.98 Å². The standard InChI is InChI=1S/C16H17N5O3/c1-10(23)24-16-20-14-13(17-9-18-14)15(21-16)19-12(8-22)7-11-5-3-2-4-6-11/h2-6,9,12,22H,7-8H2,1H3,(H2,17,18,19,20,21)/t12-/m0/s1. The van der Waals surface area contributed by atoms with E-state index in [1.165, 1.54) is 13.3 Å². The monoisotopic (exact) mass is 327 g/mol. The van der Waals surface area contributed by atoms with E-state index in [4.69, 9.17) is 4.74 Å². The normalized spacial score (nSPS) is 12.1. The van der Waals surface area contributed by atoms with Crippen molar-refractivity contribution >= 4 is 23.0 Å². The number of ether oxygens (including phenoxy) is 1. The lowest BCUT2D eigenvalue weighted by molar-refractivity contribution is -0.132. The maximum atomic E-state index is 11.1. The summed E-state index contributed by atoms with van der Waals surface area (Å²) >= 11 is 0. The van der Waals surface area contributed by atoms with Gasteiger partial charge in [0.2, 0.25) is 0 Å². The summed E-state index contributed by atoms with van der Waals surface area (Å²) in [5, 5.41) is 12.8. The van der Waals surface area contributed by atoms with Gasteiger partial charge in [-0.1, -0.05) is 30.3 Å². The number of aromatic amines is 1. The summed E-state index contributed by atoms with van der Waals surface area (Å²) in [5.74, 6) is -0.0949. The van der Waals surface area contributed by atoms with Gasteiger partial charge in [-0.2, -0.15) is 9.97 Å². The number of aliphatic hydroxyl groups is 1. The van der Waals surface area contributed by atoms with Crippen molar-refractivity contribution in [1.29, 1.82) is 0 Å². The highest BCUT2D eigenvalue weighted by Crippen LogP contribution is 2.21. The second kappa shape index (κ2) is 7.05. The molecule has 3 aromatic rings. The summed E-state index contributed by atoms with van der Waals surface area (Å²) in [5.41, 5.74) is 2.04. The number of esters is 1. The second-order valence-electron chi connectivity index (χ2n) is 5.26. The van der Waals surface area contributed by atoms with E-state index in [1.54, 1.807) is 0 Å². The molecule has 1 aromatic carbocycles. The summed E-state index contributed by atoms with van der Waals surface area (Å²) in [6, 6.07) is 9.45. The Kier molecular flexibility index (Phi) is 4.66. The van der Waals surface area contributed by atoms with Crippen LogP contribution in [0.25, 0.3) is 11.2 Å². The van der Waals surface area contributed by atoms with Gasteiger partial charge in [0.15, 0.2) is 11.5 Å². The van der Waals surface area contributed by atoms with E-state index >= 15 is 0 Å². The number of hydrogen-bond donors (Lipinski definition) is 3. The number of carbonyl (C=O) groups is 1. The van der Waals surface area contributed by atoms with Crippen molar-refractivity contribution in [3.63, 3.8) is 0 Å². The van der Waals surface area contributed by atoms with E-state index in [-0.39, 0.29) is 18.7 Å². The quantitative estimate of drug-likeness (QED) is 0.585. The van der Waals surface area contributed by atoms with Crippen LogP contribution in [0, 0.1) is 0 Å². The number of anilines is 1. The van der Waals surface area contributed by atoms with Crippen molar-refractivity contribution in [3.8, 4) is 6.01 Å². The third kappa shape index (κ3) is 3.66. The van der Waals surface area contributed by atoms with Crippen LogP contribution in [0.4, 0.5) is 5.82 Å². The minimum Gasteiger partial charge on any atom is -0.394 e. The third-order valence-electron chi connectivity index (χ3n) is 3.39. The molecule has 2 aromatic heterocycles. The van der Waals surface area contributed by atoms with Gasteiger partial charge in [-0.05, 0) is 12.0 Å². The van der Waals surface area contributed by atoms with Crippen molar-refractivity contribution in [3.05, 3.63) is 42.2 Å². The minimum atomic E-state index is -0.515. The van der Waals surface area contributed by atoms with E-state index < -0.39 is 5.97 Å². The van der Waals surface area contributed by atoms with Crippen LogP contribution in [0.2, 0.25) is 0 Å². The van der Waals surface area contributed by atoms with Gasteiger partial charge in [0.1, 0.15) is 5.52 Å². The van der Waals surface area contributed by atoms with Gasteiger partial charge < -0.3 is 20.1 Å². The summed E-state index contributed by atoms with van der Waals surface area (Å²) in [6.45, 7) is 1.19. The largest absolute Gasteiger partial charge is 0.394 e. The van der Waals surface area contributed by atoms with Crippen LogP contribution in [-0.4, -0.2) is 43.7 Å². The Morgan fingerprint density at radius 3 is 2.83 bits per heavy atom. The average molecular weight is 327 g/mol. The highest BCUT2D eigenvalue weighted by molar-refractivity contribution is 5.83. The van der Waals surface area contributed by atoms with E-state index in [0.29, 0.717) is 23.4 Å². The number of rotatable bonds is 6. The average Bonchev–Trinajstić information content (AvgIpc) is 3.03. The molecule has 0 saturated carbocycles. The maximum absolute atomic E-state index is 11.1. The lowest BCUT2D eigenvalue weighted by atomic mass is 10.1. The number of nitrogens with zero attached hydrogens (tertiary/aromatic N) is 3. The van der Waals surface area contributed by atoms with Gasteiger partial charge in [0, 0.05) is 6.92 Å². The number of benzene rings is 1. The molecule has 0 spiro atoms. The van der Waals surface area contributed by atoms with Crippen LogP contribution < -0.4 is 10.1 Å². The Hall–Kier alpha value is -3.00. The van der Waals surface area contributed by atoms with Crippen LogP contribution >= 0.6 is 0 Å². The molecule has 0 amide bonds. The van der Waals surface area contributed by atoms with Crippen molar-refractivity contribution in [2.24, 2.45) is 0 Å². The van der Waals surface area contributed by atoms with Crippen LogP contribution in [0.15, 0.2) is 36.7 Å². The zero-order valence-corrected chi connectivity index (χ0v) is 13.1. The molecule has 3 N–H and O–H groups in total. The van der Waals surface area contributed by atoms with E-state index in [2.05, 4.69) is 25.3 Å². The number of aromatic nitrogens is 4. The SMILES string of the molecule is CC(=O)Oc1nc(N[C@H](CO)Cc2ccccc2)c2[nH]cnc2n1. The summed E-state index contributed by atoms with van der Waals surface area (Å²) < 4.78 is 4.95. The molecular weight excluding hydrogens is 310 g/mol. The Balaban J connectivity index is 1.86. The number of aliphatic hydroxyl groups excluding tert-OH is 1. The van der Waals surface area contributed by atoms with Gasteiger partial charge >= 0.3 is 12.0 Å². The first-order valence-corrected chi connectivity index (χ1v) is 7.46. The third-order valence-corrected chi connectivity index (χ3v) is 3.39. The molecule has 124 valence electrons. The Labute approximate surface area is 137 Å². The maximum Gasteiger partial charge on any atom is 0.328 e. The number of nitrogens with one attached hydrogen (secondary N) is 2. The fraction of sp³-hybridized carbons (Fsp3) is 0.250. The molecule has 3 rings (SSSR count). The summed E-state index contributed by atoms with van der Waals surface area (Å²) in [4.78, 5) is 26.4. The van der Waals surface area contributed by atoms with Crippen molar-refractivity contribution < 1.29 is 14.6 Å². The number of fused-ring (bicyclic) bond motifs is 1. The molecule has 24 heavy (non-hydrogen) atoms. The van der Waals surface area contributed by atoms with Crippen molar-refractivity contribution in [1.82, 2.24) is 19.9 Å². The topological polar surface area (TPSA) is 113 Å². The first-order valence-electron chi connectivity index (χ1n) is 7.46. The first kappa shape index (κ1) is 15.9. The molecule has 0 saturated heterocycles. The molecule has 8 nitrogen and oxygen atoms in total. The highest BCUT2D eigenvalue weighted by atomic mass is 16.5. The van der Waals surface area contributed by atoms with Gasteiger partial charge in [0.25, 0.3) is 0 Å². The molecule has 0 radical (unpaired) electrons. The molecule has 0 aliphatic rings. The lowest BCUT2D eigenvalue weighted by Crippen LogP contribution is -2.27. The molecular formula is C16H17N5O3. The molecule has 0 aliphatic heterocycles. The lowest BCUT2D eigenvalue weighted by Gasteiger charge is -2.17. The molecule has 1 atom stereocenters. The Bertz CT molecular complexity index is 834. The summed E-state index contributed by atoms with van der Waals surface area (Å²) in [7, 11) is 0. The van der Waals surface area contributed by atoms with E-state index in [1.807, 2.05) is 30.3 Å². The summed E-state index contributed by atoms with van der Waals surface area (Å²) in [6.07, 6.45) is 2.09. The molecule has 0 aliphatic carbocycles. The molecule has 8 heteroatoms. The predicted octanol–water partition coefficient (Wildman–Crippen LogP) is 1.29. The van der Waals surface area contributed by atoms with Crippen LogP contribution in [-0.2, 0) is 11.2 Å². The first-order chi connectivity index (χ1) is 11.7. The van der Waals surface area contributed by atoms with Crippen LogP contribution in [0.5, 0.6) is 6.01 Å². The van der Waals surface area contributed by atoms with Crippen LogP contribution in [0.1, 0.15) is 12.5 Å². The van der Waals surface area contributed by atoms with Gasteiger partial charge in [0.05, 0.1) is 19.0 Å².